The number of rotatable bonds is 7. The van der Waals surface area contributed by atoms with Gasteiger partial charge in [0.15, 0.2) is 0 Å². The third-order valence-corrected chi connectivity index (χ3v) is 4.78. The Balaban J connectivity index is 3.41. The lowest BCUT2D eigenvalue weighted by molar-refractivity contribution is -0.385. The molecule has 9 heteroatoms. The van der Waals surface area contributed by atoms with Crippen molar-refractivity contribution in [2.75, 3.05) is 32.1 Å². The molecule has 0 aliphatic heterocycles. The van der Waals surface area contributed by atoms with Crippen LogP contribution in [-0.2, 0) is 10.0 Å². The van der Waals surface area contributed by atoms with Crippen LogP contribution < -0.4 is 5.32 Å². The molecule has 0 spiro atoms. The van der Waals surface area contributed by atoms with Crippen LogP contribution in [0, 0.1) is 10.1 Å². The largest absolute Gasteiger partial charge is 0.395 e. The number of hydrogen-bond donors (Lipinski definition) is 2. The van der Waals surface area contributed by atoms with Crippen molar-refractivity contribution >= 4 is 21.4 Å². The fourth-order valence-corrected chi connectivity index (χ4v) is 3.40. The molecule has 0 amide bonds. The van der Waals surface area contributed by atoms with Crippen molar-refractivity contribution in [3.05, 3.63) is 28.3 Å². The number of nitro groups is 1. The molecule has 0 fully saturated rings. The van der Waals surface area contributed by atoms with E-state index < -0.39 is 14.9 Å². The maximum absolute atomic E-state index is 12.5. The van der Waals surface area contributed by atoms with Gasteiger partial charge < -0.3 is 10.4 Å². The van der Waals surface area contributed by atoms with Gasteiger partial charge in [-0.1, -0.05) is 6.92 Å². The first-order chi connectivity index (χ1) is 9.38. The minimum Gasteiger partial charge on any atom is -0.395 e. The second-order valence-electron chi connectivity index (χ2n) is 3.91. The van der Waals surface area contributed by atoms with Crippen LogP contribution in [0.3, 0.4) is 0 Å². The summed E-state index contributed by atoms with van der Waals surface area (Å²) in [7, 11) is -2.38. The summed E-state index contributed by atoms with van der Waals surface area (Å²) >= 11 is 0. The lowest BCUT2D eigenvalue weighted by atomic mass is 10.3. The lowest BCUT2D eigenvalue weighted by Gasteiger charge is -2.20. The number of likely N-dealkylation sites (N-methyl/N-ethyl adjacent to an activating group) is 1. The quantitative estimate of drug-likeness (QED) is 0.564. The minimum atomic E-state index is -3.91. The van der Waals surface area contributed by atoms with Gasteiger partial charge in [0.1, 0.15) is 4.90 Å². The van der Waals surface area contributed by atoms with Gasteiger partial charge in [-0.15, -0.1) is 0 Å². The number of anilines is 1. The maximum Gasteiger partial charge on any atom is 0.270 e. The molecule has 1 aromatic carbocycles. The number of non-ortho nitro benzene ring substituents is 1. The summed E-state index contributed by atoms with van der Waals surface area (Å²) in [5.74, 6) is 0. The Morgan fingerprint density at radius 2 is 2.10 bits per heavy atom. The van der Waals surface area contributed by atoms with Crippen LogP contribution in [0.15, 0.2) is 23.1 Å². The summed E-state index contributed by atoms with van der Waals surface area (Å²) in [5.41, 5.74) is -0.0328. The predicted octanol–water partition coefficient (Wildman–Crippen LogP) is 0.639. The zero-order valence-corrected chi connectivity index (χ0v) is 12.1. The summed E-state index contributed by atoms with van der Waals surface area (Å²) in [6.45, 7) is 1.40. The molecule has 0 saturated carbocycles. The van der Waals surface area contributed by atoms with Gasteiger partial charge in [-0.3, -0.25) is 10.1 Å². The number of aliphatic hydroxyl groups is 1. The molecule has 2 N–H and O–H groups in total. The van der Waals surface area contributed by atoms with Crippen molar-refractivity contribution in [3.63, 3.8) is 0 Å². The Morgan fingerprint density at radius 1 is 1.45 bits per heavy atom. The molecule has 0 radical (unpaired) electrons. The number of nitrogens with one attached hydrogen (secondary N) is 1. The van der Waals surface area contributed by atoms with E-state index in [0.717, 1.165) is 10.4 Å². The first-order valence-corrected chi connectivity index (χ1v) is 7.39. The molecule has 8 nitrogen and oxygen atoms in total. The molecule has 0 atom stereocenters. The van der Waals surface area contributed by atoms with Crippen LogP contribution in [0.1, 0.15) is 6.92 Å². The summed E-state index contributed by atoms with van der Waals surface area (Å²) in [6.07, 6.45) is 0. The first-order valence-electron chi connectivity index (χ1n) is 5.95. The molecule has 0 saturated heterocycles. The molecule has 0 bridgehead atoms. The van der Waals surface area contributed by atoms with Crippen molar-refractivity contribution in [3.8, 4) is 0 Å². The van der Waals surface area contributed by atoms with Gasteiger partial charge in [-0.2, -0.15) is 4.31 Å². The molecule has 0 unspecified atom stereocenters. The third kappa shape index (κ3) is 3.24. The summed E-state index contributed by atoms with van der Waals surface area (Å²) in [4.78, 5) is 9.95. The smallest absolute Gasteiger partial charge is 0.270 e. The van der Waals surface area contributed by atoms with Gasteiger partial charge in [0.25, 0.3) is 5.69 Å². The lowest BCUT2D eigenvalue weighted by Crippen LogP contribution is -2.33. The van der Waals surface area contributed by atoms with Crippen molar-refractivity contribution in [1.29, 1.82) is 0 Å². The summed E-state index contributed by atoms with van der Waals surface area (Å²) in [6, 6.07) is 3.59. The van der Waals surface area contributed by atoms with E-state index in [4.69, 9.17) is 5.11 Å². The molecular weight excluding hydrogens is 286 g/mol. The van der Waals surface area contributed by atoms with E-state index in [-0.39, 0.29) is 36.0 Å². The molecule has 0 heterocycles. The van der Waals surface area contributed by atoms with E-state index >= 15 is 0 Å². The SMILES string of the molecule is CCN(CCO)S(=O)(=O)c1cc([N+](=O)[O-])ccc1NC. The topological polar surface area (TPSA) is 113 Å². The third-order valence-electron chi connectivity index (χ3n) is 2.77. The molecule has 20 heavy (non-hydrogen) atoms. The van der Waals surface area contributed by atoms with Crippen molar-refractivity contribution < 1.29 is 18.4 Å². The second-order valence-corrected chi connectivity index (χ2v) is 5.81. The number of sulfonamides is 1. The summed E-state index contributed by atoms with van der Waals surface area (Å²) in [5, 5.41) is 22.4. The number of benzene rings is 1. The Bertz CT molecular complexity index is 588. The van der Waals surface area contributed by atoms with Gasteiger partial charge in [0.2, 0.25) is 10.0 Å². The van der Waals surface area contributed by atoms with Crippen LogP contribution in [0.25, 0.3) is 0 Å². The Labute approximate surface area is 117 Å². The highest BCUT2D eigenvalue weighted by Crippen LogP contribution is 2.28. The van der Waals surface area contributed by atoms with E-state index in [1.807, 2.05) is 0 Å². The van der Waals surface area contributed by atoms with Gasteiger partial charge in [0, 0.05) is 32.3 Å². The number of hydrogen-bond acceptors (Lipinski definition) is 6. The van der Waals surface area contributed by atoms with E-state index in [2.05, 4.69) is 5.32 Å². The minimum absolute atomic E-state index is 0.0648. The van der Waals surface area contributed by atoms with Crippen LogP contribution in [-0.4, -0.2) is 49.5 Å². The van der Waals surface area contributed by atoms with Crippen LogP contribution in [0.2, 0.25) is 0 Å². The number of nitrogens with zero attached hydrogens (tertiary/aromatic N) is 2. The monoisotopic (exact) mass is 303 g/mol. The van der Waals surface area contributed by atoms with Crippen molar-refractivity contribution in [1.82, 2.24) is 4.31 Å². The average Bonchev–Trinajstić information content (AvgIpc) is 2.43. The number of aliphatic hydroxyl groups excluding tert-OH is 1. The zero-order valence-electron chi connectivity index (χ0n) is 11.2. The molecule has 0 aromatic heterocycles. The van der Waals surface area contributed by atoms with E-state index in [0.29, 0.717) is 0 Å². The molecule has 1 rings (SSSR count). The van der Waals surface area contributed by atoms with Crippen molar-refractivity contribution in [2.24, 2.45) is 0 Å². The van der Waals surface area contributed by atoms with E-state index in [9.17, 15) is 18.5 Å². The molecule has 0 aliphatic rings. The predicted molar refractivity (Wildman–Crippen MR) is 74.2 cm³/mol. The normalized spacial score (nSPS) is 11.6. The maximum atomic E-state index is 12.5. The molecule has 1 aromatic rings. The average molecular weight is 303 g/mol. The van der Waals surface area contributed by atoms with E-state index in [1.165, 1.54) is 19.2 Å². The Morgan fingerprint density at radius 3 is 2.55 bits per heavy atom. The zero-order chi connectivity index (χ0) is 15.3. The highest BCUT2D eigenvalue weighted by Gasteiger charge is 2.27. The Kier molecular flexibility index (Phi) is 5.43. The van der Waals surface area contributed by atoms with Crippen LogP contribution in [0.4, 0.5) is 11.4 Å². The van der Waals surface area contributed by atoms with Gasteiger partial charge in [0.05, 0.1) is 17.2 Å². The number of nitro benzene ring substituents is 1. The highest BCUT2D eigenvalue weighted by atomic mass is 32.2. The van der Waals surface area contributed by atoms with Crippen molar-refractivity contribution in [2.45, 2.75) is 11.8 Å². The highest BCUT2D eigenvalue weighted by molar-refractivity contribution is 7.89. The van der Waals surface area contributed by atoms with Gasteiger partial charge in [-0.25, -0.2) is 8.42 Å². The molecule has 0 aliphatic carbocycles. The standard InChI is InChI=1S/C11H17N3O5S/c1-3-13(6-7-15)20(18,19)11-8-9(14(16)17)4-5-10(11)12-2/h4-5,8,12,15H,3,6-7H2,1-2H3. The first kappa shape index (κ1) is 16.3. The van der Waals surface area contributed by atoms with Gasteiger partial charge in [-0.05, 0) is 6.07 Å². The second kappa shape index (κ2) is 6.64. The van der Waals surface area contributed by atoms with Crippen LogP contribution in [0.5, 0.6) is 0 Å². The molecular formula is C11H17N3O5S. The van der Waals surface area contributed by atoms with E-state index in [1.54, 1.807) is 6.92 Å². The summed E-state index contributed by atoms with van der Waals surface area (Å²) < 4.78 is 26.0. The van der Waals surface area contributed by atoms with Crippen LogP contribution >= 0.6 is 0 Å². The van der Waals surface area contributed by atoms with Gasteiger partial charge >= 0.3 is 0 Å². The fourth-order valence-electron chi connectivity index (χ4n) is 1.74. The molecule has 112 valence electrons. The Hall–Kier alpha value is -1.71. The fraction of sp³-hybridized carbons (Fsp3) is 0.455.